The van der Waals surface area contributed by atoms with Gasteiger partial charge in [-0.25, -0.2) is 4.68 Å². The Balaban J connectivity index is 2.09. The normalized spacial score (nSPS) is 12.1. The molecule has 2 N–H and O–H groups in total. The summed E-state index contributed by atoms with van der Waals surface area (Å²) in [5.41, 5.74) is 2.68. The van der Waals surface area contributed by atoms with E-state index >= 15 is 0 Å². The van der Waals surface area contributed by atoms with Gasteiger partial charge in [0, 0.05) is 30.3 Å². The first-order valence-corrected chi connectivity index (χ1v) is 7.48. The molecule has 5 nitrogen and oxygen atoms in total. The number of hydrogen-bond acceptors (Lipinski definition) is 4. The number of hydrogen-bond donors (Lipinski definition) is 2. The van der Waals surface area contributed by atoms with Gasteiger partial charge in [-0.15, -0.1) is 0 Å². The Kier molecular flexibility index (Phi) is 5.34. The van der Waals surface area contributed by atoms with Crippen molar-refractivity contribution in [3.63, 3.8) is 0 Å². The van der Waals surface area contributed by atoms with Gasteiger partial charge in [0.05, 0.1) is 24.6 Å². The molecule has 0 saturated carbocycles. The Bertz CT molecular complexity index is 591. The minimum atomic E-state index is -0.488. The molecule has 0 aliphatic carbocycles. The molecule has 0 aliphatic heterocycles. The summed E-state index contributed by atoms with van der Waals surface area (Å²) in [6.07, 6.45) is 2.04. The van der Waals surface area contributed by atoms with Crippen LogP contribution in [0.2, 0.25) is 0 Å². The van der Waals surface area contributed by atoms with Crippen LogP contribution >= 0.6 is 0 Å². The highest BCUT2D eigenvalue weighted by atomic mass is 16.3. The number of aryl methyl sites for hydroxylation is 1. The molecule has 22 heavy (non-hydrogen) atoms. The molecule has 0 aliphatic rings. The van der Waals surface area contributed by atoms with E-state index in [9.17, 15) is 10.2 Å². The van der Waals surface area contributed by atoms with Crippen molar-refractivity contribution in [2.75, 3.05) is 26.8 Å². The lowest BCUT2D eigenvalue weighted by atomic mass is 9.92. The first-order valence-electron chi connectivity index (χ1n) is 7.48. The van der Waals surface area contributed by atoms with Crippen LogP contribution in [-0.2, 0) is 6.54 Å². The van der Waals surface area contributed by atoms with E-state index in [1.165, 1.54) is 0 Å². The number of benzene rings is 1. The maximum absolute atomic E-state index is 9.40. The molecule has 120 valence electrons. The summed E-state index contributed by atoms with van der Waals surface area (Å²) in [5, 5.41) is 23.4. The highest BCUT2D eigenvalue weighted by Gasteiger charge is 2.24. The second kappa shape index (κ2) is 7.05. The number of aliphatic hydroxyl groups is 2. The highest BCUT2D eigenvalue weighted by Crippen LogP contribution is 2.18. The van der Waals surface area contributed by atoms with Crippen LogP contribution in [0.25, 0.3) is 5.69 Å². The lowest BCUT2D eigenvalue weighted by Gasteiger charge is -2.30. The molecule has 0 saturated heterocycles. The van der Waals surface area contributed by atoms with Gasteiger partial charge >= 0.3 is 0 Å². The number of para-hydroxylation sites is 1. The Labute approximate surface area is 131 Å². The standard InChI is InChI=1S/C17H25N3O2/c1-14-15(9-19(3)11-17(2,12-21)13-22)10-20(18-14)16-7-5-4-6-8-16/h4-8,10,21-22H,9,11-13H2,1-3H3. The van der Waals surface area contributed by atoms with Gasteiger partial charge < -0.3 is 15.1 Å². The van der Waals surface area contributed by atoms with Crippen molar-refractivity contribution in [1.29, 1.82) is 0 Å². The Morgan fingerprint density at radius 1 is 1.18 bits per heavy atom. The topological polar surface area (TPSA) is 61.5 Å². The summed E-state index contributed by atoms with van der Waals surface area (Å²) in [5.74, 6) is 0. The van der Waals surface area contributed by atoms with Crippen molar-refractivity contribution in [2.24, 2.45) is 5.41 Å². The van der Waals surface area contributed by atoms with Crippen LogP contribution < -0.4 is 0 Å². The van der Waals surface area contributed by atoms with Crippen molar-refractivity contribution in [3.8, 4) is 5.69 Å². The molecule has 5 heteroatoms. The van der Waals surface area contributed by atoms with E-state index < -0.39 is 5.41 Å². The molecule has 2 rings (SSSR count). The number of aliphatic hydroxyl groups excluding tert-OH is 2. The summed E-state index contributed by atoms with van der Waals surface area (Å²) < 4.78 is 1.88. The monoisotopic (exact) mass is 303 g/mol. The van der Waals surface area contributed by atoms with Crippen molar-refractivity contribution < 1.29 is 10.2 Å². The number of rotatable bonds is 7. The lowest BCUT2D eigenvalue weighted by Crippen LogP contribution is -2.38. The zero-order valence-electron chi connectivity index (χ0n) is 13.5. The van der Waals surface area contributed by atoms with Gasteiger partial charge in [0.1, 0.15) is 0 Å². The largest absolute Gasteiger partial charge is 0.396 e. The van der Waals surface area contributed by atoms with Crippen LogP contribution in [-0.4, -0.2) is 51.7 Å². The predicted octanol–water partition coefficient (Wildman–Crippen LogP) is 1.60. The van der Waals surface area contributed by atoms with Gasteiger partial charge in [0.15, 0.2) is 0 Å². The molecule has 0 spiro atoms. The van der Waals surface area contributed by atoms with Crippen LogP contribution in [0, 0.1) is 12.3 Å². The molecule has 0 radical (unpaired) electrons. The molecule has 1 aromatic carbocycles. The van der Waals surface area contributed by atoms with Crippen LogP contribution in [0.5, 0.6) is 0 Å². The van der Waals surface area contributed by atoms with Gasteiger partial charge in [0.25, 0.3) is 0 Å². The average molecular weight is 303 g/mol. The third-order valence-corrected chi connectivity index (χ3v) is 3.88. The maximum Gasteiger partial charge on any atom is 0.0645 e. The molecular formula is C17H25N3O2. The fraction of sp³-hybridized carbons (Fsp3) is 0.471. The second-order valence-corrected chi connectivity index (χ2v) is 6.32. The summed E-state index contributed by atoms with van der Waals surface area (Å²) in [6.45, 7) is 5.17. The minimum Gasteiger partial charge on any atom is -0.396 e. The van der Waals surface area contributed by atoms with Crippen molar-refractivity contribution in [2.45, 2.75) is 20.4 Å². The predicted molar refractivity (Wildman–Crippen MR) is 86.9 cm³/mol. The molecule has 0 fully saturated rings. The summed E-state index contributed by atoms with van der Waals surface area (Å²) in [6, 6.07) is 10.0. The van der Waals surface area contributed by atoms with E-state index in [2.05, 4.69) is 10.00 Å². The summed E-state index contributed by atoms with van der Waals surface area (Å²) in [4.78, 5) is 2.10. The van der Waals surface area contributed by atoms with Gasteiger partial charge in [-0.05, 0) is 26.1 Å². The molecule has 2 aromatic rings. The zero-order chi connectivity index (χ0) is 16.2. The SMILES string of the molecule is Cc1nn(-c2ccccc2)cc1CN(C)CC(C)(CO)CO. The van der Waals surface area contributed by atoms with Gasteiger partial charge in [-0.2, -0.15) is 5.10 Å². The van der Waals surface area contributed by atoms with Crippen LogP contribution in [0.15, 0.2) is 36.5 Å². The molecular weight excluding hydrogens is 278 g/mol. The Morgan fingerprint density at radius 2 is 1.82 bits per heavy atom. The van der Waals surface area contributed by atoms with Crippen molar-refractivity contribution in [1.82, 2.24) is 14.7 Å². The molecule has 0 amide bonds. The first kappa shape index (κ1) is 16.7. The van der Waals surface area contributed by atoms with E-state index in [1.807, 2.05) is 62.1 Å². The van der Waals surface area contributed by atoms with Gasteiger partial charge in [-0.1, -0.05) is 25.1 Å². The van der Waals surface area contributed by atoms with E-state index in [-0.39, 0.29) is 13.2 Å². The summed E-state index contributed by atoms with van der Waals surface area (Å²) >= 11 is 0. The highest BCUT2D eigenvalue weighted by molar-refractivity contribution is 5.32. The van der Waals surface area contributed by atoms with E-state index in [1.54, 1.807) is 0 Å². The van der Waals surface area contributed by atoms with Crippen molar-refractivity contribution >= 4 is 0 Å². The van der Waals surface area contributed by atoms with Gasteiger partial charge in [0.2, 0.25) is 0 Å². The van der Waals surface area contributed by atoms with E-state index in [0.29, 0.717) is 6.54 Å². The third-order valence-electron chi connectivity index (χ3n) is 3.88. The Morgan fingerprint density at radius 3 is 2.41 bits per heavy atom. The first-order chi connectivity index (χ1) is 10.5. The third kappa shape index (κ3) is 3.94. The maximum atomic E-state index is 9.40. The van der Waals surface area contributed by atoms with Crippen LogP contribution in [0.1, 0.15) is 18.2 Å². The van der Waals surface area contributed by atoms with Crippen LogP contribution in [0.3, 0.4) is 0 Å². The average Bonchev–Trinajstić information content (AvgIpc) is 2.89. The smallest absolute Gasteiger partial charge is 0.0645 e. The van der Waals surface area contributed by atoms with Crippen LogP contribution in [0.4, 0.5) is 0 Å². The summed E-state index contributed by atoms with van der Waals surface area (Å²) in [7, 11) is 1.99. The van der Waals surface area contributed by atoms with E-state index in [0.717, 1.165) is 23.5 Å². The molecule has 0 unspecified atom stereocenters. The van der Waals surface area contributed by atoms with E-state index in [4.69, 9.17) is 0 Å². The minimum absolute atomic E-state index is 0.0316. The fourth-order valence-electron chi connectivity index (χ4n) is 2.51. The molecule has 1 aromatic heterocycles. The van der Waals surface area contributed by atoms with Crippen molar-refractivity contribution in [3.05, 3.63) is 47.8 Å². The molecule has 0 bridgehead atoms. The fourth-order valence-corrected chi connectivity index (χ4v) is 2.51. The Hall–Kier alpha value is -1.69. The second-order valence-electron chi connectivity index (χ2n) is 6.32. The zero-order valence-corrected chi connectivity index (χ0v) is 13.5. The molecule has 0 atom stereocenters. The lowest BCUT2D eigenvalue weighted by molar-refractivity contribution is 0.0401. The quantitative estimate of drug-likeness (QED) is 0.816. The molecule has 1 heterocycles. The van der Waals surface area contributed by atoms with Gasteiger partial charge in [-0.3, -0.25) is 0 Å². The number of nitrogens with zero attached hydrogens (tertiary/aromatic N) is 3. The number of aromatic nitrogens is 2.